The van der Waals surface area contributed by atoms with Gasteiger partial charge in [-0.25, -0.2) is 0 Å². The number of quaternary nitrogens is 2. The second-order valence-electron chi connectivity index (χ2n) is 3.53. The van der Waals surface area contributed by atoms with Gasteiger partial charge in [0.05, 0.1) is 41.3 Å². The highest BCUT2D eigenvalue weighted by molar-refractivity contribution is 7.99. The fraction of sp³-hybridized carbons (Fsp3) is 1.00. The van der Waals surface area contributed by atoms with Crippen molar-refractivity contribution in [3.8, 4) is 0 Å². The first-order chi connectivity index (χ1) is 5.13. The zero-order valence-corrected chi connectivity index (χ0v) is 11.5. The lowest BCUT2D eigenvalue weighted by molar-refractivity contribution is -0.856. The Labute approximate surface area is 99.2 Å². The van der Waals surface area contributed by atoms with Crippen molar-refractivity contribution in [1.29, 1.82) is 0 Å². The Hall–Kier alpha value is 0.850. The fourth-order valence-corrected chi connectivity index (χ4v) is 1.96. The lowest BCUT2D eigenvalue weighted by Gasteiger charge is -2.08. The van der Waals surface area contributed by atoms with Crippen LogP contribution in [-0.4, -0.2) is 52.8 Å². The average Bonchev–Trinajstić information content (AvgIpc) is 1.85. The summed E-state index contributed by atoms with van der Waals surface area (Å²) in [5.74, 6) is 2.60. The third-order valence-corrected chi connectivity index (χ3v) is 2.48. The van der Waals surface area contributed by atoms with E-state index in [0.29, 0.717) is 0 Å². The van der Waals surface area contributed by atoms with Gasteiger partial charge < -0.3 is 9.80 Å². The van der Waals surface area contributed by atoms with Gasteiger partial charge in [0.25, 0.3) is 0 Å². The van der Waals surface area contributed by atoms with E-state index in [1.165, 1.54) is 24.6 Å². The fourth-order valence-electron chi connectivity index (χ4n) is 0.655. The van der Waals surface area contributed by atoms with Crippen LogP contribution < -0.4 is 9.80 Å². The Morgan fingerprint density at radius 1 is 0.769 bits per heavy atom. The number of nitrogens with one attached hydrogen (secondary N) is 2. The number of hydrogen-bond donors (Lipinski definition) is 2. The molecule has 0 aromatic carbocycles. The Balaban J connectivity index is -0.000000500. The van der Waals surface area contributed by atoms with Gasteiger partial charge in [-0.1, -0.05) is 0 Å². The lowest BCUT2D eigenvalue weighted by atomic mass is 10.7. The van der Waals surface area contributed by atoms with Crippen molar-refractivity contribution in [2.24, 2.45) is 0 Å². The molecular weight excluding hydrogens is 227 g/mol. The maximum Gasteiger partial charge on any atom is 0.0858 e. The first-order valence-corrected chi connectivity index (χ1v) is 5.44. The molecule has 2 N–H and O–H groups in total. The minimum Gasteiger partial charge on any atom is -0.339 e. The molecule has 0 aliphatic carbocycles. The van der Waals surface area contributed by atoms with E-state index < -0.39 is 0 Å². The van der Waals surface area contributed by atoms with Crippen molar-refractivity contribution in [1.82, 2.24) is 0 Å². The van der Waals surface area contributed by atoms with E-state index in [1.54, 1.807) is 9.80 Å². The molecule has 0 radical (unpaired) electrons. The molecule has 0 aromatic heterocycles. The van der Waals surface area contributed by atoms with Crippen LogP contribution >= 0.6 is 36.6 Å². The van der Waals surface area contributed by atoms with E-state index in [9.17, 15) is 0 Å². The second-order valence-corrected chi connectivity index (χ2v) is 4.75. The molecule has 13 heavy (non-hydrogen) atoms. The number of halogens is 2. The van der Waals surface area contributed by atoms with E-state index >= 15 is 0 Å². The molecule has 0 unspecified atom stereocenters. The largest absolute Gasteiger partial charge is 0.339 e. The van der Waals surface area contributed by atoms with Crippen molar-refractivity contribution in [2.75, 3.05) is 52.8 Å². The van der Waals surface area contributed by atoms with Crippen molar-refractivity contribution >= 4 is 36.6 Å². The normalized spacial score (nSPS) is 9.69. The Morgan fingerprint density at radius 2 is 1.08 bits per heavy atom. The van der Waals surface area contributed by atoms with Gasteiger partial charge in [-0.15, -0.1) is 24.8 Å². The van der Waals surface area contributed by atoms with Gasteiger partial charge in [-0.05, 0) is 0 Å². The minimum absolute atomic E-state index is 0. The predicted octanol–water partition coefficient (Wildman–Crippen LogP) is -1.15. The molecule has 84 valence electrons. The molecule has 0 amide bonds. The van der Waals surface area contributed by atoms with Gasteiger partial charge in [-0.3, -0.25) is 0 Å². The van der Waals surface area contributed by atoms with Crippen LogP contribution in [0.4, 0.5) is 0 Å². The summed E-state index contributed by atoms with van der Waals surface area (Å²) in [4.78, 5) is 3.10. The van der Waals surface area contributed by atoms with E-state index in [-0.39, 0.29) is 24.8 Å². The third kappa shape index (κ3) is 19.3. The van der Waals surface area contributed by atoms with Crippen LogP contribution in [-0.2, 0) is 0 Å². The summed E-state index contributed by atoms with van der Waals surface area (Å²) in [6, 6.07) is 0. The van der Waals surface area contributed by atoms with Crippen molar-refractivity contribution in [2.45, 2.75) is 0 Å². The molecule has 0 heterocycles. The van der Waals surface area contributed by atoms with Gasteiger partial charge in [-0.2, -0.15) is 11.8 Å². The molecule has 0 bridgehead atoms. The van der Waals surface area contributed by atoms with Crippen LogP contribution in [0.15, 0.2) is 0 Å². The van der Waals surface area contributed by atoms with Gasteiger partial charge in [0.1, 0.15) is 0 Å². The molecule has 5 heteroatoms. The Kier molecular flexibility index (Phi) is 19.2. The van der Waals surface area contributed by atoms with E-state index in [2.05, 4.69) is 40.0 Å². The summed E-state index contributed by atoms with van der Waals surface area (Å²) < 4.78 is 0. The molecule has 0 saturated carbocycles. The van der Waals surface area contributed by atoms with Gasteiger partial charge >= 0.3 is 0 Å². The van der Waals surface area contributed by atoms with Crippen molar-refractivity contribution < 1.29 is 9.80 Å². The monoisotopic (exact) mass is 250 g/mol. The first-order valence-electron chi connectivity index (χ1n) is 4.28. The van der Waals surface area contributed by atoms with Crippen LogP contribution in [0.5, 0.6) is 0 Å². The van der Waals surface area contributed by atoms with Gasteiger partial charge in [0.2, 0.25) is 0 Å². The standard InChI is InChI=1S/C8H20N2S.2ClH/c1-9(2)5-7-11-8-6-10(3)4;;/h5-8H2,1-4H3;2*1H/p+2. The van der Waals surface area contributed by atoms with Crippen LogP contribution in [0.3, 0.4) is 0 Å². The van der Waals surface area contributed by atoms with Crippen LogP contribution in [0.2, 0.25) is 0 Å². The van der Waals surface area contributed by atoms with E-state index in [1.807, 2.05) is 0 Å². The van der Waals surface area contributed by atoms with Crippen molar-refractivity contribution in [3.05, 3.63) is 0 Å². The number of hydrogen-bond acceptors (Lipinski definition) is 1. The van der Waals surface area contributed by atoms with Crippen LogP contribution in [0, 0.1) is 0 Å². The highest BCUT2D eigenvalue weighted by atomic mass is 35.5. The number of thioether (sulfide) groups is 1. The molecule has 0 saturated heterocycles. The third-order valence-electron chi connectivity index (χ3n) is 1.49. The molecule has 0 atom stereocenters. The molecule has 0 aromatic rings. The van der Waals surface area contributed by atoms with Crippen LogP contribution in [0.25, 0.3) is 0 Å². The summed E-state index contributed by atoms with van der Waals surface area (Å²) in [7, 11) is 8.82. The minimum atomic E-state index is 0. The molecule has 0 aliphatic rings. The van der Waals surface area contributed by atoms with Crippen LogP contribution in [0.1, 0.15) is 0 Å². The first kappa shape index (κ1) is 19.4. The summed E-state index contributed by atoms with van der Waals surface area (Å²) >= 11 is 2.07. The Bertz CT molecular complexity index is 82.2. The molecular formula is C8H24Cl2N2S+2. The SMILES string of the molecule is C[NH+](C)CCSCC[NH+](C)C.Cl.Cl. The van der Waals surface area contributed by atoms with Gasteiger partial charge in [0.15, 0.2) is 0 Å². The molecule has 0 spiro atoms. The highest BCUT2D eigenvalue weighted by Gasteiger charge is 1.96. The molecule has 0 aliphatic heterocycles. The smallest absolute Gasteiger partial charge is 0.0858 e. The zero-order valence-electron chi connectivity index (χ0n) is 9.05. The quantitative estimate of drug-likeness (QED) is 0.567. The lowest BCUT2D eigenvalue weighted by Crippen LogP contribution is -3.06. The summed E-state index contributed by atoms with van der Waals surface area (Å²) in [6.07, 6.45) is 0. The molecule has 0 rings (SSSR count). The topological polar surface area (TPSA) is 8.88 Å². The Morgan fingerprint density at radius 3 is 1.31 bits per heavy atom. The number of rotatable bonds is 6. The second kappa shape index (κ2) is 12.8. The predicted molar refractivity (Wildman–Crippen MR) is 67.2 cm³/mol. The summed E-state index contributed by atoms with van der Waals surface area (Å²) in [5.41, 5.74) is 0. The van der Waals surface area contributed by atoms with E-state index in [4.69, 9.17) is 0 Å². The average molecular weight is 251 g/mol. The maximum absolute atomic E-state index is 2.21. The maximum atomic E-state index is 2.21. The summed E-state index contributed by atoms with van der Waals surface area (Å²) in [6.45, 7) is 2.57. The van der Waals surface area contributed by atoms with Gasteiger partial charge in [0, 0.05) is 11.5 Å². The molecule has 2 nitrogen and oxygen atoms in total. The highest BCUT2D eigenvalue weighted by Crippen LogP contribution is 1.93. The molecule has 0 fully saturated rings. The van der Waals surface area contributed by atoms with Crippen molar-refractivity contribution in [3.63, 3.8) is 0 Å². The summed E-state index contributed by atoms with van der Waals surface area (Å²) in [5, 5.41) is 0. The van der Waals surface area contributed by atoms with E-state index in [0.717, 1.165) is 0 Å². The zero-order chi connectivity index (χ0) is 8.69.